The lowest BCUT2D eigenvalue weighted by molar-refractivity contribution is -0.137. The zero-order valence-electron chi connectivity index (χ0n) is 12.7. The van der Waals surface area contributed by atoms with E-state index in [0.29, 0.717) is 18.6 Å². The van der Waals surface area contributed by atoms with Gasteiger partial charge in [-0.3, -0.25) is 0 Å². The molecule has 2 rings (SSSR count). The molecule has 0 radical (unpaired) electrons. The van der Waals surface area contributed by atoms with Crippen molar-refractivity contribution >= 4 is 22.2 Å². The summed E-state index contributed by atoms with van der Waals surface area (Å²) in [4.78, 5) is 23.5. The fraction of sp³-hybridized carbons (Fsp3) is 0.429. The van der Waals surface area contributed by atoms with Gasteiger partial charge in [0, 0.05) is 0 Å². The van der Waals surface area contributed by atoms with E-state index in [-0.39, 0.29) is 6.61 Å². The van der Waals surface area contributed by atoms with Crippen LogP contribution in [0, 0.1) is 0 Å². The number of nitrogens with one attached hydrogen (secondary N) is 1. The first-order valence-electron chi connectivity index (χ1n) is 6.76. The van der Waals surface area contributed by atoms with Crippen LogP contribution in [0.3, 0.4) is 0 Å². The third kappa shape index (κ3) is 4.85. The molecule has 1 amide bonds. The Balaban J connectivity index is 1.85. The number of benzene rings is 1. The minimum Gasteiger partial charge on any atom is -0.497 e. The minimum atomic E-state index is -3.92. The molecule has 23 heavy (non-hydrogen) atoms. The smallest absolute Gasteiger partial charge is 0.408 e. The molecule has 0 atom stereocenters. The predicted octanol–water partition coefficient (Wildman–Crippen LogP) is 0.957. The van der Waals surface area contributed by atoms with Crippen molar-refractivity contribution < 1.29 is 31.7 Å². The maximum absolute atomic E-state index is 11.7. The van der Waals surface area contributed by atoms with E-state index in [1.807, 2.05) is 0 Å². The van der Waals surface area contributed by atoms with Crippen LogP contribution in [0.1, 0.15) is 18.4 Å². The van der Waals surface area contributed by atoms with Crippen molar-refractivity contribution in [2.45, 2.75) is 25.0 Å². The normalized spacial score (nSPS) is 15.4. The van der Waals surface area contributed by atoms with E-state index < -0.39 is 27.7 Å². The number of ether oxygens (including phenoxy) is 2. The average molecular weight is 343 g/mol. The van der Waals surface area contributed by atoms with Crippen LogP contribution in [0.2, 0.25) is 0 Å². The monoisotopic (exact) mass is 343 g/mol. The second-order valence-corrected chi connectivity index (χ2v) is 6.78. The van der Waals surface area contributed by atoms with Crippen LogP contribution in [-0.2, 0) is 30.4 Å². The number of hydrogen-bond donors (Lipinski definition) is 1. The molecule has 8 nitrogen and oxygen atoms in total. The highest BCUT2D eigenvalue weighted by molar-refractivity contribution is 7.86. The summed E-state index contributed by atoms with van der Waals surface area (Å²) in [6, 6.07) is 6.92. The van der Waals surface area contributed by atoms with E-state index in [9.17, 15) is 18.0 Å². The molecule has 1 aromatic carbocycles. The van der Waals surface area contributed by atoms with E-state index in [2.05, 4.69) is 9.50 Å². The van der Waals surface area contributed by atoms with Crippen molar-refractivity contribution in [3.8, 4) is 5.75 Å². The first kappa shape index (κ1) is 17.1. The molecule has 0 spiro atoms. The molecule has 0 unspecified atom stereocenters. The molecule has 1 saturated carbocycles. The van der Waals surface area contributed by atoms with Crippen molar-refractivity contribution in [3.05, 3.63) is 29.8 Å². The van der Waals surface area contributed by atoms with Crippen molar-refractivity contribution in [2.75, 3.05) is 13.4 Å². The second kappa shape index (κ2) is 6.45. The van der Waals surface area contributed by atoms with Crippen LogP contribution in [0.4, 0.5) is 4.79 Å². The van der Waals surface area contributed by atoms with Crippen LogP contribution < -0.4 is 10.1 Å². The molecule has 0 bridgehead atoms. The van der Waals surface area contributed by atoms with Gasteiger partial charge in [-0.15, -0.1) is 0 Å². The van der Waals surface area contributed by atoms with E-state index >= 15 is 0 Å². The van der Waals surface area contributed by atoms with Crippen LogP contribution in [0.15, 0.2) is 24.3 Å². The fourth-order valence-electron chi connectivity index (χ4n) is 1.82. The average Bonchev–Trinajstić information content (AvgIpc) is 3.25. The molecule has 0 aromatic heterocycles. The molecule has 0 aliphatic heterocycles. The van der Waals surface area contributed by atoms with Crippen molar-refractivity contribution in [3.63, 3.8) is 0 Å². The van der Waals surface area contributed by atoms with Gasteiger partial charge in [0.05, 0.1) is 13.4 Å². The summed E-state index contributed by atoms with van der Waals surface area (Å²) in [6.45, 7) is 0.00698. The Kier molecular flexibility index (Phi) is 4.79. The molecule has 126 valence electrons. The minimum absolute atomic E-state index is 0.00698. The summed E-state index contributed by atoms with van der Waals surface area (Å²) in [6.07, 6.45) is 0.560. The second-order valence-electron chi connectivity index (χ2n) is 5.21. The summed E-state index contributed by atoms with van der Waals surface area (Å²) < 4.78 is 36.3. The Morgan fingerprint density at radius 2 is 1.83 bits per heavy atom. The van der Waals surface area contributed by atoms with E-state index in [4.69, 9.17) is 9.47 Å². The zero-order chi connectivity index (χ0) is 17.1. The first-order chi connectivity index (χ1) is 10.7. The predicted molar refractivity (Wildman–Crippen MR) is 79.2 cm³/mol. The number of carbonyl (C=O) groups excluding carboxylic acids is 2. The van der Waals surface area contributed by atoms with Crippen LogP contribution >= 0.6 is 0 Å². The number of methoxy groups -OCH3 is 1. The van der Waals surface area contributed by atoms with Gasteiger partial charge in [0.1, 0.15) is 17.9 Å². The van der Waals surface area contributed by atoms with Gasteiger partial charge >= 0.3 is 22.2 Å². The molecule has 0 saturated heterocycles. The number of alkyl carbamates (subject to hydrolysis) is 1. The maximum atomic E-state index is 11.7. The van der Waals surface area contributed by atoms with E-state index in [1.54, 1.807) is 31.4 Å². The molecule has 0 heterocycles. The zero-order valence-corrected chi connectivity index (χ0v) is 13.5. The Hall–Kier alpha value is -2.29. The molecular formula is C14H17NO7S. The van der Waals surface area contributed by atoms with E-state index in [0.717, 1.165) is 11.8 Å². The van der Waals surface area contributed by atoms with Gasteiger partial charge in [-0.2, -0.15) is 8.42 Å². The van der Waals surface area contributed by atoms with Gasteiger partial charge in [0.15, 0.2) is 0 Å². The number of carbonyl (C=O) groups is 2. The number of amides is 1. The highest BCUT2D eigenvalue weighted by Crippen LogP contribution is 2.37. The Morgan fingerprint density at radius 3 is 2.30 bits per heavy atom. The van der Waals surface area contributed by atoms with Gasteiger partial charge in [0.25, 0.3) is 0 Å². The topological polar surface area (TPSA) is 108 Å². The molecule has 1 N–H and O–H groups in total. The standard InChI is InChI=1S/C14H17NO7S/c1-20-11-5-3-10(4-6-11)9-21-13(17)15-14(7-8-14)12(16)22-23(2,18)19/h3-6H,7-9H2,1-2H3,(H,15,17). The van der Waals surface area contributed by atoms with Gasteiger partial charge in [0.2, 0.25) is 0 Å². The van der Waals surface area contributed by atoms with Gasteiger partial charge < -0.3 is 19.0 Å². The lowest BCUT2D eigenvalue weighted by Gasteiger charge is -2.15. The molecule has 9 heteroatoms. The van der Waals surface area contributed by atoms with Crippen LogP contribution in [0.5, 0.6) is 5.75 Å². The van der Waals surface area contributed by atoms with Crippen LogP contribution in [-0.4, -0.2) is 39.4 Å². The van der Waals surface area contributed by atoms with Gasteiger partial charge in [-0.1, -0.05) is 12.1 Å². The summed E-state index contributed by atoms with van der Waals surface area (Å²) in [5, 5.41) is 2.36. The molecule has 1 fully saturated rings. The van der Waals surface area contributed by atoms with Crippen molar-refractivity contribution in [1.82, 2.24) is 5.32 Å². The van der Waals surface area contributed by atoms with Crippen molar-refractivity contribution in [2.24, 2.45) is 0 Å². The summed E-state index contributed by atoms with van der Waals surface area (Å²) in [5.74, 6) is -0.319. The Labute approximate surface area is 133 Å². The SMILES string of the molecule is COc1ccc(COC(=O)NC2(C(=O)OS(C)(=O)=O)CC2)cc1. The van der Waals surface area contributed by atoms with Gasteiger partial charge in [-0.25, -0.2) is 9.59 Å². The summed E-state index contributed by atoms with van der Waals surface area (Å²) in [7, 11) is -2.37. The molecular weight excluding hydrogens is 326 g/mol. The maximum Gasteiger partial charge on any atom is 0.408 e. The van der Waals surface area contributed by atoms with Crippen LogP contribution in [0.25, 0.3) is 0 Å². The quantitative estimate of drug-likeness (QED) is 0.766. The first-order valence-corrected chi connectivity index (χ1v) is 8.57. The summed E-state index contributed by atoms with van der Waals surface area (Å²) in [5.41, 5.74) is -0.565. The fourth-order valence-corrected chi connectivity index (χ4v) is 2.26. The summed E-state index contributed by atoms with van der Waals surface area (Å²) >= 11 is 0. The molecule has 1 aliphatic rings. The molecule has 1 aliphatic carbocycles. The van der Waals surface area contributed by atoms with Crippen molar-refractivity contribution in [1.29, 1.82) is 0 Å². The largest absolute Gasteiger partial charge is 0.497 e. The molecule has 1 aromatic rings. The number of rotatable bonds is 6. The Bertz CT molecular complexity index is 692. The third-order valence-electron chi connectivity index (χ3n) is 3.24. The van der Waals surface area contributed by atoms with E-state index in [1.165, 1.54) is 0 Å². The highest BCUT2D eigenvalue weighted by atomic mass is 32.2. The Morgan fingerprint density at radius 1 is 1.22 bits per heavy atom. The number of hydrogen-bond acceptors (Lipinski definition) is 7. The highest BCUT2D eigenvalue weighted by Gasteiger charge is 2.54. The lowest BCUT2D eigenvalue weighted by Crippen LogP contribution is -2.44. The van der Waals surface area contributed by atoms with Gasteiger partial charge in [-0.05, 0) is 30.5 Å². The lowest BCUT2D eigenvalue weighted by atomic mass is 10.2. The third-order valence-corrected chi connectivity index (χ3v) is 3.69.